The fourth-order valence-corrected chi connectivity index (χ4v) is 2.42. The maximum atomic E-state index is 9.65. The molecule has 0 atom stereocenters. The smallest absolute Gasteiger partial charge is 0.142 e. The van der Waals surface area contributed by atoms with Crippen LogP contribution in [0.25, 0.3) is 0 Å². The number of rotatable bonds is 5. The Morgan fingerprint density at radius 1 is 1.30 bits per heavy atom. The molecule has 0 bridgehead atoms. The van der Waals surface area contributed by atoms with Crippen LogP contribution < -0.4 is 0 Å². The zero-order valence-electron chi connectivity index (χ0n) is 12.4. The molecule has 1 aliphatic heterocycles. The molecule has 0 amide bonds. The van der Waals surface area contributed by atoms with E-state index in [-0.39, 0.29) is 5.75 Å². The number of hydrogen-bond acceptors (Lipinski definition) is 5. The van der Waals surface area contributed by atoms with E-state index in [9.17, 15) is 5.11 Å². The Hall–Kier alpha value is -1.46. The van der Waals surface area contributed by atoms with Crippen molar-refractivity contribution in [3.8, 4) is 5.75 Å². The Labute approximate surface area is 121 Å². The zero-order chi connectivity index (χ0) is 14.4. The van der Waals surface area contributed by atoms with Crippen molar-refractivity contribution in [3.63, 3.8) is 0 Å². The van der Waals surface area contributed by atoms with E-state index >= 15 is 0 Å². The third-order valence-electron chi connectivity index (χ3n) is 3.71. The Morgan fingerprint density at radius 3 is 2.75 bits per heavy atom. The normalized spacial score (nSPS) is 17.9. The lowest BCUT2D eigenvalue weighted by molar-refractivity contribution is 0.153. The van der Waals surface area contributed by atoms with Crippen LogP contribution in [-0.2, 0) is 6.42 Å². The van der Waals surface area contributed by atoms with E-state index < -0.39 is 0 Å². The molecule has 0 radical (unpaired) electrons. The summed E-state index contributed by atoms with van der Waals surface area (Å²) in [5, 5.41) is 9.65. The van der Waals surface area contributed by atoms with Gasteiger partial charge in [-0.2, -0.15) is 0 Å². The van der Waals surface area contributed by atoms with Crippen molar-refractivity contribution >= 4 is 6.21 Å². The first kappa shape index (κ1) is 14.9. The summed E-state index contributed by atoms with van der Waals surface area (Å²) < 4.78 is 0. The van der Waals surface area contributed by atoms with Gasteiger partial charge in [-0.3, -0.25) is 4.99 Å². The van der Waals surface area contributed by atoms with Gasteiger partial charge in [0.25, 0.3) is 0 Å². The summed E-state index contributed by atoms with van der Waals surface area (Å²) in [6, 6.07) is 3.60. The van der Waals surface area contributed by atoms with Crippen LogP contribution in [0.2, 0.25) is 0 Å². The highest BCUT2D eigenvalue weighted by Gasteiger charge is 2.13. The number of aryl methyl sites for hydroxylation is 1. The number of pyridine rings is 1. The van der Waals surface area contributed by atoms with Gasteiger partial charge in [-0.1, -0.05) is 0 Å². The third kappa shape index (κ3) is 4.28. The van der Waals surface area contributed by atoms with Gasteiger partial charge in [-0.15, -0.1) is 0 Å². The molecule has 0 aliphatic carbocycles. The summed E-state index contributed by atoms with van der Waals surface area (Å²) >= 11 is 0. The topological polar surface area (TPSA) is 52.0 Å². The van der Waals surface area contributed by atoms with Crippen molar-refractivity contribution in [2.75, 3.05) is 46.8 Å². The average molecular weight is 276 g/mol. The molecule has 20 heavy (non-hydrogen) atoms. The van der Waals surface area contributed by atoms with Crippen molar-refractivity contribution in [1.82, 2.24) is 14.8 Å². The number of piperazine rings is 1. The number of nitrogens with zero attached hydrogens (tertiary/aromatic N) is 4. The molecule has 5 nitrogen and oxygen atoms in total. The first-order valence-corrected chi connectivity index (χ1v) is 7.21. The van der Waals surface area contributed by atoms with Crippen molar-refractivity contribution in [2.45, 2.75) is 12.8 Å². The highest BCUT2D eigenvalue weighted by atomic mass is 16.3. The summed E-state index contributed by atoms with van der Waals surface area (Å²) in [7, 11) is 3.86. The Morgan fingerprint density at radius 2 is 2.05 bits per heavy atom. The minimum absolute atomic E-state index is 0.193. The summed E-state index contributed by atoms with van der Waals surface area (Å²) in [6.45, 7) is 5.76. The van der Waals surface area contributed by atoms with Gasteiger partial charge in [-0.05, 0) is 38.6 Å². The summed E-state index contributed by atoms with van der Waals surface area (Å²) in [5.74, 6) is 0.193. The number of aliphatic imine (C=N–C) groups is 1. The monoisotopic (exact) mass is 276 g/mol. The van der Waals surface area contributed by atoms with Gasteiger partial charge < -0.3 is 14.9 Å². The van der Waals surface area contributed by atoms with Crippen molar-refractivity contribution in [3.05, 3.63) is 23.5 Å². The standard InChI is InChI=1S/C15H24N4O/c1-16-12-14-15(20)6-5-13(17-14)4-3-7-19-10-8-18(2)9-11-19/h5-6,12,20H,3-4,7-11H2,1-2H3/b16-12+. The second-order valence-corrected chi connectivity index (χ2v) is 5.34. The molecule has 0 spiro atoms. The molecule has 1 aromatic rings. The second-order valence-electron chi connectivity index (χ2n) is 5.34. The van der Waals surface area contributed by atoms with Gasteiger partial charge in [-0.25, -0.2) is 4.98 Å². The van der Waals surface area contributed by atoms with Crippen molar-refractivity contribution < 1.29 is 5.11 Å². The molecule has 2 heterocycles. The van der Waals surface area contributed by atoms with Gasteiger partial charge in [0, 0.05) is 38.9 Å². The highest BCUT2D eigenvalue weighted by molar-refractivity contribution is 5.80. The SMILES string of the molecule is C/N=C/c1nc(CCCN2CCN(C)CC2)ccc1O. The van der Waals surface area contributed by atoms with E-state index in [1.807, 2.05) is 6.07 Å². The fourth-order valence-electron chi connectivity index (χ4n) is 2.42. The number of hydrogen-bond donors (Lipinski definition) is 1. The van der Waals surface area contributed by atoms with E-state index in [1.165, 1.54) is 0 Å². The average Bonchev–Trinajstić information content (AvgIpc) is 2.45. The molecule has 1 fully saturated rings. The second kappa shape index (κ2) is 7.36. The summed E-state index contributed by atoms with van der Waals surface area (Å²) in [6.07, 6.45) is 3.64. The van der Waals surface area contributed by atoms with Crippen LogP contribution in [0.4, 0.5) is 0 Å². The Kier molecular flexibility index (Phi) is 5.49. The first-order valence-electron chi connectivity index (χ1n) is 7.21. The van der Waals surface area contributed by atoms with E-state index in [4.69, 9.17) is 0 Å². The molecule has 0 unspecified atom stereocenters. The van der Waals surface area contributed by atoms with Crippen LogP contribution in [0.1, 0.15) is 17.8 Å². The van der Waals surface area contributed by atoms with E-state index in [0.29, 0.717) is 5.69 Å². The Bertz CT molecular complexity index is 453. The van der Waals surface area contributed by atoms with Crippen molar-refractivity contribution in [1.29, 1.82) is 0 Å². The van der Waals surface area contributed by atoms with E-state index in [0.717, 1.165) is 51.3 Å². The molecular formula is C15H24N4O. The maximum Gasteiger partial charge on any atom is 0.142 e. The van der Waals surface area contributed by atoms with Gasteiger partial charge in [0.15, 0.2) is 0 Å². The van der Waals surface area contributed by atoms with Crippen LogP contribution >= 0.6 is 0 Å². The van der Waals surface area contributed by atoms with Crippen LogP contribution in [0.3, 0.4) is 0 Å². The minimum atomic E-state index is 0.193. The Balaban J connectivity index is 1.80. The lowest BCUT2D eigenvalue weighted by Crippen LogP contribution is -2.44. The molecule has 1 aliphatic rings. The predicted molar refractivity (Wildman–Crippen MR) is 81.7 cm³/mol. The van der Waals surface area contributed by atoms with Gasteiger partial charge in [0.1, 0.15) is 11.4 Å². The molecule has 0 aromatic carbocycles. The molecule has 1 N–H and O–H groups in total. The van der Waals surface area contributed by atoms with E-state index in [1.54, 1.807) is 19.3 Å². The minimum Gasteiger partial charge on any atom is -0.506 e. The number of likely N-dealkylation sites (N-methyl/N-ethyl adjacent to an activating group) is 1. The quantitative estimate of drug-likeness (QED) is 0.816. The highest BCUT2D eigenvalue weighted by Crippen LogP contribution is 2.14. The molecule has 5 heteroatoms. The molecular weight excluding hydrogens is 252 g/mol. The molecule has 110 valence electrons. The predicted octanol–water partition coefficient (Wildman–Crippen LogP) is 1.02. The third-order valence-corrected chi connectivity index (χ3v) is 3.71. The van der Waals surface area contributed by atoms with Gasteiger partial charge in [0.2, 0.25) is 0 Å². The number of aromatic hydroxyl groups is 1. The lowest BCUT2D eigenvalue weighted by Gasteiger charge is -2.32. The molecule has 1 aromatic heterocycles. The molecule has 2 rings (SSSR count). The largest absolute Gasteiger partial charge is 0.506 e. The van der Waals surface area contributed by atoms with Crippen molar-refractivity contribution in [2.24, 2.45) is 4.99 Å². The van der Waals surface area contributed by atoms with E-state index in [2.05, 4.69) is 26.8 Å². The molecule has 0 saturated carbocycles. The van der Waals surface area contributed by atoms with Gasteiger partial charge >= 0.3 is 0 Å². The fraction of sp³-hybridized carbons (Fsp3) is 0.600. The zero-order valence-corrected chi connectivity index (χ0v) is 12.4. The lowest BCUT2D eigenvalue weighted by atomic mass is 10.2. The summed E-state index contributed by atoms with van der Waals surface area (Å²) in [4.78, 5) is 13.2. The van der Waals surface area contributed by atoms with Crippen LogP contribution in [0.5, 0.6) is 5.75 Å². The van der Waals surface area contributed by atoms with Crippen LogP contribution in [-0.4, -0.2) is 72.9 Å². The first-order chi connectivity index (χ1) is 9.69. The molecule has 1 saturated heterocycles. The van der Waals surface area contributed by atoms with Crippen LogP contribution in [0.15, 0.2) is 17.1 Å². The van der Waals surface area contributed by atoms with Crippen LogP contribution in [0, 0.1) is 0 Å². The maximum absolute atomic E-state index is 9.65. The van der Waals surface area contributed by atoms with Gasteiger partial charge in [0.05, 0.1) is 6.21 Å². The summed E-state index contributed by atoms with van der Waals surface area (Å²) in [5.41, 5.74) is 1.58. The number of aromatic nitrogens is 1.